The van der Waals surface area contributed by atoms with Crippen molar-refractivity contribution >= 4 is 5.97 Å². The molecular weight excluding hydrogens is 244 g/mol. The van der Waals surface area contributed by atoms with E-state index in [0.717, 1.165) is 5.69 Å². The lowest BCUT2D eigenvalue weighted by molar-refractivity contribution is 0.0383. The van der Waals surface area contributed by atoms with Crippen LogP contribution in [0.2, 0.25) is 0 Å². The van der Waals surface area contributed by atoms with Crippen LogP contribution in [0.5, 0.6) is 0 Å². The van der Waals surface area contributed by atoms with Gasteiger partial charge in [0.1, 0.15) is 0 Å². The normalized spacial score (nSPS) is 13.4. The van der Waals surface area contributed by atoms with Gasteiger partial charge in [-0.2, -0.15) is 5.10 Å². The molecule has 19 heavy (non-hydrogen) atoms. The van der Waals surface area contributed by atoms with Crippen molar-refractivity contribution in [1.29, 1.82) is 0 Å². The minimum atomic E-state index is -0.380. The Morgan fingerprint density at radius 3 is 2.58 bits per heavy atom. The highest BCUT2D eigenvalue weighted by atomic mass is 16.5. The van der Waals surface area contributed by atoms with Crippen molar-refractivity contribution in [3.63, 3.8) is 0 Å². The molecule has 0 radical (unpaired) electrons. The molecule has 1 aromatic heterocycles. The molecule has 1 aromatic rings. The standard InChI is InChI=1S/C14H24N2O3/c1-10-9-12(15-16(10)14(3,4)5)13(17)19-8-7-11(2)18-6/h9,11H,7-8H2,1-6H3/t11-/m0/s1. The highest BCUT2D eigenvalue weighted by Gasteiger charge is 2.20. The van der Waals surface area contributed by atoms with Crippen LogP contribution in [0.25, 0.3) is 0 Å². The lowest BCUT2D eigenvalue weighted by Crippen LogP contribution is -2.24. The number of aryl methyl sites for hydroxylation is 1. The third-order valence-corrected chi connectivity index (χ3v) is 2.89. The van der Waals surface area contributed by atoms with Gasteiger partial charge in [-0.15, -0.1) is 0 Å². The second-order valence-corrected chi connectivity index (χ2v) is 5.72. The van der Waals surface area contributed by atoms with Gasteiger partial charge in [-0.05, 0) is 40.7 Å². The van der Waals surface area contributed by atoms with Crippen molar-refractivity contribution < 1.29 is 14.3 Å². The van der Waals surface area contributed by atoms with E-state index in [1.165, 1.54) is 0 Å². The fraction of sp³-hybridized carbons (Fsp3) is 0.714. The Kier molecular flexibility index (Phi) is 5.11. The quantitative estimate of drug-likeness (QED) is 0.770. The highest BCUT2D eigenvalue weighted by Crippen LogP contribution is 2.17. The fourth-order valence-electron chi connectivity index (χ4n) is 1.76. The zero-order valence-corrected chi connectivity index (χ0v) is 12.7. The summed E-state index contributed by atoms with van der Waals surface area (Å²) >= 11 is 0. The van der Waals surface area contributed by atoms with E-state index in [1.54, 1.807) is 13.2 Å². The van der Waals surface area contributed by atoms with E-state index in [1.807, 2.05) is 39.3 Å². The number of methoxy groups -OCH3 is 1. The van der Waals surface area contributed by atoms with Crippen molar-refractivity contribution in [2.75, 3.05) is 13.7 Å². The van der Waals surface area contributed by atoms with Crippen molar-refractivity contribution in [2.45, 2.75) is 52.7 Å². The first-order chi connectivity index (χ1) is 8.75. The number of aromatic nitrogens is 2. The first kappa shape index (κ1) is 15.7. The third kappa shape index (κ3) is 4.35. The Labute approximate surface area is 114 Å². The second kappa shape index (κ2) is 6.19. The number of carbonyl (C=O) groups is 1. The van der Waals surface area contributed by atoms with Crippen molar-refractivity contribution in [3.8, 4) is 0 Å². The Morgan fingerprint density at radius 1 is 1.47 bits per heavy atom. The van der Waals surface area contributed by atoms with Gasteiger partial charge in [0, 0.05) is 19.2 Å². The predicted octanol–water partition coefficient (Wildman–Crippen LogP) is 2.53. The number of carbonyl (C=O) groups excluding carboxylic acids is 1. The minimum absolute atomic E-state index is 0.0849. The van der Waals surface area contributed by atoms with Gasteiger partial charge >= 0.3 is 5.97 Å². The van der Waals surface area contributed by atoms with Crippen LogP contribution in [0, 0.1) is 6.92 Å². The van der Waals surface area contributed by atoms with Gasteiger partial charge in [-0.1, -0.05) is 0 Å². The largest absolute Gasteiger partial charge is 0.461 e. The molecule has 0 saturated heterocycles. The number of nitrogens with zero attached hydrogens (tertiary/aromatic N) is 2. The van der Waals surface area contributed by atoms with E-state index < -0.39 is 0 Å². The molecule has 0 amide bonds. The van der Waals surface area contributed by atoms with Crippen LogP contribution in [-0.2, 0) is 15.0 Å². The molecule has 0 aliphatic carbocycles. The Hall–Kier alpha value is -1.36. The molecule has 1 rings (SSSR count). The number of esters is 1. The average molecular weight is 268 g/mol. The van der Waals surface area contributed by atoms with Crippen LogP contribution in [0.1, 0.15) is 50.3 Å². The zero-order valence-electron chi connectivity index (χ0n) is 12.7. The van der Waals surface area contributed by atoms with Crippen molar-refractivity contribution in [1.82, 2.24) is 9.78 Å². The summed E-state index contributed by atoms with van der Waals surface area (Å²) in [5.41, 5.74) is 1.16. The average Bonchev–Trinajstić information content (AvgIpc) is 2.70. The zero-order chi connectivity index (χ0) is 14.6. The van der Waals surface area contributed by atoms with Crippen molar-refractivity contribution in [3.05, 3.63) is 17.5 Å². The molecule has 108 valence electrons. The molecule has 0 aliphatic rings. The maximum atomic E-state index is 11.9. The SMILES string of the molecule is CO[C@@H](C)CCOC(=O)c1cc(C)n(C(C)(C)C)n1. The Bertz CT molecular complexity index is 432. The molecule has 0 unspecified atom stereocenters. The van der Waals surface area contributed by atoms with Crippen LogP contribution >= 0.6 is 0 Å². The van der Waals surface area contributed by atoms with Crippen LogP contribution in [0.4, 0.5) is 0 Å². The number of hydrogen-bond donors (Lipinski definition) is 0. The molecule has 5 nitrogen and oxygen atoms in total. The van der Waals surface area contributed by atoms with E-state index in [9.17, 15) is 4.79 Å². The Morgan fingerprint density at radius 2 is 2.11 bits per heavy atom. The van der Waals surface area contributed by atoms with Crippen molar-refractivity contribution in [2.24, 2.45) is 0 Å². The minimum Gasteiger partial charge on any atom is -0.461 e. The van der Waals surface area contributed by atoms with E-state index in [4.69, 9.17) is 9.47 Å². The monoisotopic (exact) mass is 268 g/mol. The van der Waals surface area contributed by atoms with E-state index in [-0.39, 0.29) is 17.6 Å². The first-order valence-electron chi connectivity index (χ1n) is 6.52. The highest BCUT2D eigenvalue weighted by molar-refractivity contribution is 5.87. The maximum Gasteiger partial charge on any atom is 0.358 e. The van der Waals surface area contributed by atoms with Gasteiger partial charge in [-0.25, -0.2) is 4.79 Å². The van der Waals surface area contributed by atoms with Gasteiger partial charge in [0.05, 0.1) is 18.2 Å². The molecule has 1 atom stereocenters. The van der Waals surface area contributed by atoms with Gasteiger partial charge in [0.2, 0.25) is 0 Å². The molecule has 0 spiro atoms. The summed E-state index contributed by atoms with van der Waals surface area (Å²) in [5, 5.41) is 4.31. The first-order valence-corrected chi connectivity index (χ1v) is 6.52. The summed E-state index contributed by atoms with van der Waals surface area (Å²) in [6.45, 7) is 10.3. The summed E-state index contributed by atoms with van der Waals surface area (Å²) in [6, 6.07) is 1.76. The topological polar surface area (TPSA) is 53.4 Å². The number of ether oxygens (including phenoxy) is 2. The number of hydrogen-bond acceptors (Lipinski definition) is 4. The van der Waals surface area contributed by atoms with E-state index in [2.05, 4.69) is 5.10 Å². The van der Waals surface area contributed by atoms with Crippen LogP contribution in [0.15, 0.2) is 6.07 Å². The molecule has 0 aromatic carbocycles. The maximum absolute atomic E-state index is 11.9. The molecular formula is C14H24N2O3. The lowest BCUT2D eigenvalue weighted by atomic mass is 10.1. The van der Waals surface area contributed by atoms with Gasteiger partial charge < -0.3 is 9.47 Å². The predicted molar refractivity (Wildman–Crippen MR) is 73.3 cm³/mol. The van der Waals surface area contributed by atoms with E-state index in [0.29, 0.717) is 18.7 Å². The molecule has 0 aliphatic heterocycles. The Balaban J connectivity index is 2.64. The summed E-state index contributed by atoms with van der Waals surface area (Å²) in [4.78, 5) is 11.9. The molecule has 0 saturated carbocycles. The smallest absolute Gasteiger partial charge is 0.358 e. The summed E-state index contributed by atoms with van der Waals surface area (Å²) < 4.78 is 12.1. The second-order valence-electron chi connectivity index (χ2n) is 5.72. The summed E-state index contributed by atoms with van der Waals surface area (Å²) in [7, 11) is 1.64. The van der Waals surface area contributed by atoms with Gasteiger partial charge in [0.15, 0.2) is 5.69 Å². The van der Waals surface area contributed by atoms with Gasteiger partial charge in [0.25, 0.3) is 0 Å². The third-order valence-electron chi connectivity index (χ3n) is 2.89. The molecule has 0 fully saturated rings. The number of rotatable bonds is 5. The van der Waals surface area contributed by atoms with Crippen LogP contribution in [-0.4, -0.2) is 35.6 Å². The lowest BCUT2D eigenvalue weighted by Gasteiger charge is -2.21. The van der Waals surface area contributed by atoms with Crippen LogP contribution in [0.3, 0.4) is 0 Å². The van der Waals surface area contributed by atoms with E-state index >= 15 is 0 Å². The molecule has 1 heterocycles. The summed E-state index contributed by atoms with van der Waals surface area (Å²) in [5.74, 6) is -0.380. The molecule has 0 bridgehead atoms. The molecule has 5 heteroatoms. The fourth-order valence-corrected chi connectivity index (χ4v) is 1.76. The van der Waals surface area contributed by atoms with Gasteiger partial charge in [-0.3, -0.25) is 4.68 Å². The van der Waals surface area contributed by atoms with Crippen LogP contribution < -0.4 is 0 Å². The summed E-state index contributed by atoms with van der Waals surface area (Å²) in [6.07, 6.45) is 0.767. The molecule has 0 N–H and O–H groups in total.